The van der Waals surface area contributed by atoms with Crippen LogP contribution in [0.2, 0.25) is 0 Å². The van der Waals surface area contributed by atoms with E-state index in [1.807, 2.05) is 25.1 Å². The summed E-state index contributed by atoms with van der Waals surface area (Å²) in [5.41, 5.74) is 3.14. The second-order valence-corrected chi connectivity index (χ2v) is 9.68. The van der Waals surface area contributed by atoms with Crippen molar-refractivity contribution in [2.24, 2.45) is 16.3 Å². The average Bonchev–Trinajstić information content (AvgIpc) is 3.07. The van der Waals surface area contributed by atoms with Crippen LogP contribution < -0.4 is 9.47 Å². The van der Waals surface area contributed by atoms with Crippen LogP contribution in [0.25, 0.3) is 0 Å². The van der Waals surface area contributed by atoms with Gasteiger partial charge in [-0.15, -0.1) is 11.3 Å². The second-order valence-electron chi connectivity index (χ2n) is 8.60. The molecule has 30 heavy (non-hydrogen) atoms. The maximum Gasteiger partial charge on any atom is 0.161 e. The first-order valence-electron chi connectivity index (χ1n) is 10.5. The van der Waals surface area contributed by atoms with Gasteiger partial charge in [0.05, 0.1) is 12.2 Å². The number of rotatable bonds is 7. The number of fused-ring (bicyclic) bond motifs is 1. The van der Waals surface area contributed by atoms with Gasteiger partial charge in [0, 0.05) is 11.1 Å². The fourth-order valence-electron chi connectivity index (χ4n) is 3.79. The summed E-state index contributed by atoms with van der Waals surface area (Å²) in [6.45, 7) is 13.5. The van der Waals surface area contributed by atoms with E-state index in [9.17, 15) is 5.26 Å². The molecule has 1 heterocycles. The summed E-state index contributed by atoms with van der Waals surface area (Å²) in [5.74, 6) is 2.01. The Morgan fingerprint density at radius 2 is 2.10 bits per heavy atom. The smallest absolute Gasteiger partial charge is 0.161 e. The molecule has 5 heteroatoms. The predicted molar refractivity (Wildman–Crippen MR) is 125 cm³/mol. The van der Waals surface area contributed by atoms with E-state index in [2.05, 4.69) is 33.4 Å². The number of nitrogens with zero attached hydrogens (tertiary/aromatic N) is 2. The van der Waals surface area contributed by atoms with E-state index < -0.39 is 0 Å². The molecule has 0 radical (unpaired) electrons. The number of aliphatic imine (C=N–C) groups is 1. The number of ether oxygens (including phenoxy) is 2. The normalized spacial score (nSPS) is 16.2. The first kappa shape index (κ1) is 22.1. The first-order valence-corrected chi connectivity index (χ1v) is 11.3. The van der Waals surface area contributed by atoms with Crippen molar-refractivity contribution < 1.29 is 9.47 Å². The first-order chi connectivity index (χ1) is 14.4. The summed E-state index contributed by atoms with van der Waals surface area (Å²) in [4.78, 5) is 6.02. The SMILES string of the molecule is C=CCOc1ccc(C=Nc2sc3c(c2C#N)CC[C@@H](C(C)(C)C)C3)cc1OCC. The molecule has 1 aliphatic rings. The van der Waals surface area contributed by atoms with E-state index in [1.165, 1.54) is 10.4 Å². The molecule has 1 aromatic carbocycles. The van der Waals surface area contributed by atoms with Crippen LogP contribution in [0.5, 0.6) is 11.5 Å². The summed E-state index contributed by atoms with van der Waals surface area (Å²) in [6.07, 6.45) is 6.65. The minimum Gasteiger partial charge on any atom is -0.490 e. The third-order valence-electron chi connectivity index (χ3n) is 5.54. The van der Waals surface area contributed by atoms with Crippen molar-refractivity contribution in [3.63, 3.8) is 0 Å². The largest absolute Gasteiger partial charge is 0.490 e. The Morgan fingerprint density at radius 1 is 1.30 bits per heavy atom. The van der Waals surface area contributed by atoms with E-state index in [0.717, 1.165) is 35.4 Å². The molecule has 2 aromatic rings. The van der Waals surface area contributed by atoms with Gasteiger partial charge in [0.2, 0.25) is 0 Å². The highest BCUT2D eigenvalue weighted by Gasteiger charge is 2.32. The molecule has 0 spiro atoms. The molecule has 0 saturated heterocycles. The van der Waals surface area contributed by atoms with E-state index in [-0.39, 0.29) is 5.41 Å². The van der Waals surface area contributed by atoms with Gasteiger partial charge in [-0.05, 0) is 66.8 Å². The van der Waals surface area contributed by atoms with Crippen LogP contribution >= 0.6 is 11.3 Å². The van der Waals surface area contributed by atoms with Crippen LogP contribution in [0.4, 0.5) is 5.00 Å². The quantitative estimate of drug-likeness (QED) is 0.379. The number of benzene rings is 1. The fraction of sp³-hybridized carbons (Fsp3) is 0.440. The maximum atomic E-state index is 9.76. The Kier molecular flexibility index (Phi) is 6.99. The molecule has 1 atom stereocenters. The average molecular weight is 423 g/mol. The molecule has 0 aliphatic heterocycles. The van der Waals surface area contributed by atoms with Gasteiger partial charge in [-0.1, -0.05) is 33.4 Å². The number of thiophene rings is 1. The van der Waals surface area contributed by atoms with E-state index in [4.69, 9.17) is 14.5 Å². The van der Waals surface area contributed by atoms with Gasteiger partial charge in [-0.2, -0.15) is 5.26 Å². The lowest BCUT2D eigenvalue weighted by atomic mass is 9.72. The summed E-state index contributed by atoms with van der Waals surface area (Å²) >= 11 is 1.67. The topological polar surface area (TPSA) is 54.6 Å². The van der Waals surface area contributed by atoms with Gasteiger partial charge >= 0.3 is 0 Å². The highest BCUT2D eigenvalue weighted by atomic mass is 32.1. The predicted octanol–water partition coefficient (Wildman–Crippen LogP) is 6.48. The van der Waals surface area contributed by atoms with Crippen LogP contribution in [0.3, 0.4) is 0 Å². The summed E-state index contributed by atoms with van der Waals surface area (Å²) in [6, 6.07) is 8.14. The third kappa shape index (κ3) is 4.94. The Morgan fingerprint density at radius 3 is 2.77 bits per heavy atom. The Labute approximate surface area is 183 Å². The van der Waals surface area contributed by atoms with Crippen LogP contribution in [0, 0.1) is 22.7 Å². The van der Waals surface area contributed by atoms with Crippen LogP contribution in [-0.2, 0) is 12.8 Å². The molecule has 1 aromatic heterocycles. The molecule has 3 rings (SSSR count). The van der Waals surface area contributed by atoms with Gasteiger partial charge in [-0.3, -0.25) is 0 Å². The standard InChI is InChI=1S/C25H30N2O2S/c1-6-12-29-21-11-8-17(13-22(21)28-7-2)16-27-24-20(15-26)19-10-9-18(25(3,4)5)14-23(19)30-24/h6,8,11,13,16,18H,1,7,9-10,12,14H2,2-5H3/t18-/m1/s1. The minimum atomic E-state index is 0.281. The van der Waals surface area contributed by atoms with Crippen molar-refractivity contribution in [3.05, 3.63) is 52.4 Å². The van der Waals surface area contributed by atoms with Gasteiger partial charge in [0.25, 0.3) is 0 Å². The summed E-state index contributed by atoms with van der Waals surface area (Å²) in [5, 5.41) is 10.6. The van der Waals surface area contributed by atoms with E-state index in [0.29, 0.717) is 30.6 Å². The lowest BCUT2D eigenvalue weighted by Gasteiger charge is -2.33. The van der Waals surface area contributed by atoms with Crippen molar-refractivity contribution in [1.29, 1.82) is 5.26 Å². The molecule has 0 bridgehead atoms. The lowest BCUT2D eigenvalue weighted by Crippen LogP contribution is -2.26. The molecule has 0 saturated carbocycles. The van der Waals surface area contributed by atoms with Crippen molar-refractivity contribution in [2.75, 3.05) is 13.2 Å². The minimum absolute atomic E-state index is 0.281. The highest BCUT2D eigenvalue weighted by Crippen LogP contribution is 2.44. The zero-order valence-corrected chi connectivity index (χ0v) is 19.1. The third-order valence-corrected chi connectivity index (χ3v) is 6.70. The van der Waals surface area contributed by atoms with E-state index in [1.54, 1.807) is 23.6 Å². The molecule has 158 valence electrons. The molecule has 0 unspecified atom stereocenters. The van der Waals surface area contributed by atoms with Gasteiger partial charge in [0.1, 0.15) is 17.7 Å². The second kappa shape index (κ2) is 9.49. The monoisotopic (exact) mass is 422 g/mol. The van der Waals surface area contributed by atoms with Gasteiger partial charge in [-0.25, -0.2) is 4.99 Å². The Balaban J connectivity index is 1.86. The van der Waals surface area contributed by atoms with Crippen molar-refractivity contribution >= 4 is 22.6 Å². The summed E-state index contributed by atoms with van der Waals surface area (Å²) in [7, 11) is 0. The van der Waals surface area contributed by atoms with Crippen LogP contribution in [-0.4, -0.2) is 19.4 Å². The number of hydrogen-bond donors (Lipinski definition) is 0. The molecular formula is C25H30N2O2S. The maximum absolute atomic E-state index is 9.76. The molecular weight excluding hydrogens is 392 g/mol. The molecule has 1 aliphatic carbocycles. The molecule has 0 amide bonds. The Bertz CT molecular complexity index is 976. The van der Waals surface area contributed by atoms with Crippen molar-refractivity contribution in [1.82, 2.24) is 0 Å². The molecule has 4 nitrogen and oxygen atoms in total. The van der Waals surface area contributed by atoms with Crippen molar-refractivity contribution in [3.8, 4) is 17.6 Å². The molecule has 0 fully saturated rings. The number of nitriles is 1. The van der Waals surface area contributed by atoms with E-state index >= 15 is 0 Å². The van der Waals surface area contributed by atoms with Gasteiger partial charge < -0.3 is 9.47 Å². The van der Waals surface area contributed by atoms with Crippen molar-refractivity contribution in [2.45, 2.75) is 47.0 Å². The lowest BCUT2D eigenvalue weighted by molar-refractivity contribution is 0.218. The highest BCUT2D eigenvalue weighted by molar-refractivity contribution is 7.16. The number of hydrogen-bond acceptors (Lipinski definition) is 5. The molecule has 0 N–H and O–H groups in total. The zero-order valence-electron chi connectivity index (χ0n) is 18.3. The van der Waals surface area contributed by atoms with Crippen LogP contribution in [0.1, 0.15) is 55.7 Å². The van der Waals surface area contributed by atoms with Crippen LogP contribution in [0.15, 0.2) is 35.8 Å². The Hall–Kier alpha value is -2.58. The zero-order chi connectivity index (χ0) is 21.7. The summed E-state index contributed by atoms with van der Waals surface area (Å²) < 4.78 is 11.4. The van der Waals surface area contributed by atoms with Gasteiger partial charge in [0.15, 0.2) is 11.5 Å². The fourth-order valence-corrected chi connectivity index (χ4v) is 5.01.